The van der Waals surface area contributed by atoms with Crippen molar-refractivity contribution in [2.75, 3.05) is 11.5 Å². The fourth-order valence-corrected chi connectivity index (χ4v) is 1.99. The second kappa shape index (κ2) is 6.62. The van der Waals surface area contributed by atoms with Gasteiger partial charge in [-0.15, -0.1) is 0 Å². The number of carbonyl (C=O) groups is 1. The maximum Gasteiger partial charge on any atom is 0.316 e. The zero-order valence-electron chi connectivity index (χ0n) is 8.88. The standard InChI is InChI=1S/C9H18O4S2/c1-3-9(4-14,5-15)8(12)13-7(11)6(2)10/h6-7,10-11,14-15H,3-5H2,1-2H3. The van der Waals surface area contributed by atoms with Gasteiger partial charge in [0, 0.05) is 11.5 Å². The molecule has 0 aromatic rings. The third kappa shape index (κ3) is 3.86. The molecule has 0 spiro atoms. The summed E-state index contributed by atoms with van der Waals surface area (Å²) in [5.41, 5.74) is -0.803. The highest BCUT2D eigenvalue weighted by molar-refractivity contribution is 7.81. The lowest BCUT2D eigenvalue weighted by molar-refractivity contribution is -0.193. The van der Waals surface area contributed by atoms with E-state index >= 15 is 0 Å². The summed E-state index contributed by atoms with van der Waals surface area (Å²) in [5, 5.41) is 18.2. The van der Waals surface area contributed by atoms with Crippen LogP contribution in [-0.2, 0) is 9.53 Å². The van der Waals surface area contributed by atoms with Crippen molar-refractivity contribution in [2.45, 2.75) is 32.7 Å². The molecule has 0 aromatic heterocycles. The molecular formula is C9H18O4S2. The van der Waals surface area contributed by atoms with Gasteiger partial charge in [-0.1, -0.05) is 6.92 Å². The minimum absolute atomic E-state index is 0.290. The first kappa shape index (κ1) is 15.1. The van der Waals surface area contributed by atoms with Crippen molar-refractivity contribution < 1.29 is 19.7 Å². The molecule has 0 aromatic carbocycles. The van der Waals surface area contributed by atoms with E-state index in [4.69, 9.17) is 9.84 Å². The molecule has 0 amide bonds. The highest BCUT2D eigenvalue weighted by Gasteiger charge is 2.37. The summed E-state index contributed by atoms with van der Waals surface area (Å²) in [7, 11) is 0. The van der Waals surface area contributed by atoms with Crippen LogP contribution in [0.2, 0.25) is 0 Å². The van der Waals surface area contributed by atoms with E-state index in [2.05, 4.69) is 25.3 Å². The lowest BCUT2D eigenvalue weighted by atomic mass is 9.90. The maximum absolute atomic E-state index is 11.7. The molecular weight excluding hydrogens is 236 g/mol. The Morgan fingerprint density at radius 2 is 1.87 bits per heavy atom. The Hall–Kier alpha value is 0.0900. The lowest BCUT2D eigenvalue weighted by Gasteiger charge is -2.28. The Bertz CT molecular complexity index is 196. The van der Waals surface area contributed by atoms with Gasteiger partial charge in [-0.25, -0.2) is 0 Å². The lowest BCUT2D eigenvalue weighted by Crippen LogP contribution is -2.40. The molecule has 0 saturated carbocycles. The number of carbonyl (C=O) groups excluding carboxylic acids is 1. The minimum atomic E-state index is -1.50. The molecule has 4 nitrogen and oxygen atoms in total. The molecule has 15 heavy (non-hydrogen) atoms. The van der Waals surface area contributed by atoms with Crippen LogP contribution in [0.3, 0.4) is 0 Å². The van der Waals surface area contributed by atoms with Gasteiger partial charge in [0.05, 0.1) is 5.41 Å². The van der Waals surface area contributed by atoms with Crippen LogP contribution in [0, 0.1) is 5.41 Å². The highest BCUT2D eigenvalue weighted by atomic mass is 32.1. The molecule has 0 aliphatic rings. The fraction of sp³-hybridized carbons (Fsp3) is 0.889. The first-order valence-corrected chi connectivity index (χ1v) is 5.99. The van der Waals surface area contributed by atoms with E-state index in [0.717, 1.165) is 0 Å². The summed E-state index contributed by atoms with van der Waals surface area (Å²) in [4.78, 5) is 11.7. The van der Waals surface area contributed by atoms with Crippen molar-refractivity contribution in [1.29, 1.82) is 0 Å². The Morgan fingerprint density at radius 3 is 2.13 bits per heavy atom. The quantitative estimate of drug-likeness (QED) is 0.316. The molecule has 0 heterocycles. The Labute approximate surface area is 101 Å². The molecule has 6 heteroatoms. The first-order valence-electron chi connectivity index (χ1n) is 4.72. The zero-order valence-corrected chi connectivity index (χ0v) is 10.7. The summed E-state index contributed by atoms with van der Waals surface area (Å²) in [6.45, 7) is 3.16. The van der Waals surface area contributed by atoms with Crippen molar-refractivity contribution in [3.05, 3.63) is 0 Å². The number of hydrogen-bond acceptors (Lipinski definition) is 6. The van der Waals surface area contributed by atoms with E-state index in [1.165, 1.54) is 6.92 Å². The molecule has 0 saturated heterocycles. The van der Waals surface area contributed by atoms with E-state index in [1.54, 1.807) is 0 Å². The number of aliphatic hydroxyl groups excluding tert-OH is 2. The van der Waals surface area contributed by atoms with Crippen LogP contribution < -0.4 is 0 Å². The van der Waals surface area contributed by atoms with Crippen molar-refractivity contribution >= 4 is 31.2 Å². The van der Waals surface area contributed by atoms with Crippen LogP contribution in [0.25, 0.3) is 0 Å². The summed E-state index contributed by atoms with van der Waals surface area (Å²) in [6, 6.07) is 0. The summed E-state index contributed by atoms with van der Waals surface area (Å²) < 4.78 is 4.72. The molecule has 0 bridgehead atoms. The molecule has 0 rings (SSSR count). The van der Waals surface area contributed by atoms with Gasteiger partial charge in [-0.3, -0.25) is 4.79 Å². The monoisotopic (exact) mass is 254 g/mol. The average Bonchev–Trinajstić information content (AvgIpc) is 2.21. The summed E-state index contributed by atoms with van der Waals surface area (Å²) in [6.07, 6.45) is -2.09. The average molecular weight is 254 g/mol. The summed E-state index contributed by atoms with van der Waals surface area (Å²) in [5.74, 6) is -0.000100. The molecule has 0 radical (unpaired) electrons. The zero-order chi connectivity index (χ0) is 12.1. The van der Waals surface area contributed by atoms with Gasteiger partial charge >= 0.3 is 5.97 Å². The topological polar surface area (TPSA) is 66.8 Å². The number of hydrogen-bond donors (Lipinski definition) is 4. The van der Waals surface area contributed by atoms with E-state index in [0.29, 0.717) is 17.9 Å². The minimum Gasteiger partial charge on any atom is -0.433 e. The van der Waals surface area contributed by atoms with Gasteiger partial charge in [0.25, 0.3) is 0 Å². The molecule has 90 valence electrons. The molecule has 2 atom stereocenters. The maximum atomic E-state index is 11.7. The van der Waals surface area contributed by atoms with Crippen molar-refractivity contribution in [1.82, 2.24) is 0 Å². The third-order valence-electron chi connectivity index (χ3n) is 2.36. The van der Waals surface area contributed by atoms with E-state index in [1.807, 2.05) is 6.92 Å². The van der Waals surface area contributed by atoms with Gasteiger partial charge < -0.3 is 14.9 Å². The smallest absolute Gasteiger partial charge is 0.316 e. The normalized spacial score (nSPS) is 15.9. The Morgan fingerprint density at radius 1 is 1.40 bits per heavy atom. The van der Waals surface area contributed by atoms with Crippen LogP contribution in [0.1, 0.15) is 20.3 Å². The third-order valence-corrected chi connectivity index (χ3v) is 3.57. The van der Waals surface area contributed by atoms with E-state index in [9.17, 15) is 9.90 Å². The van der Waals surface area contributed by atoms with Crippen molar-refractivity contribution in [2.24, 2.45) is 5.41 Å². The van der Waals surface area contributed by atoms with Gasteiger partial charge in [0.2, 0.25) is 6.29 Å². The van der Waals surface area contributed by atoms with Crippen LogP contribution in [-0.4, -0.2) is 40.1 Å². The first-order chi connectivity index (χ1) is 6.93. The van der Waals surface area contributed by atoms with Crippen molar-refractivity contribution in [3.8, 4) is 0 Å². The molecule has 0 aliphatic heterocycles. The van der Waals surface area contributed by atoms with Crippen LogP contribution in [0.15, 0.2) is 0 Å². The number of rotatable bonds is 6. The number of ether oxygens (including phenoxy) is 1. The molecule has 2 unspecified atom stereocenters. The number of thiol groups is 2. The van der Waals surface area contributed by atoms with E-state index < -0.39 is 23.8 Å². The van der Waals surface area contributed by atoms with Gasteiger partial charge in [0.1, 0.15) is 6.10 Å². The second-order valence-electron chi connectivity index (χ2n) is 3.49. The van der Waals surface area contributed by atoms with Crippen LogP contribution in [0.4, 0.5) is 0 Å². The van der Waals surface area contributed by atoms with Crippen LogP contribution in [0.5, 0.6) is 0 Å². The Balaban J connectivity index is 4.52. The van der Waals surface area contributed by atoms with Crippen LogP contribution >= 0.6 is 25.3 Å². The highest BCUT2D eigenvalue weighted by Crippen LogP contribution is 2.27. The predicted octanol–water partition coefficient (Wildman–Crippen LogP) is 0.485. The molecule has 0 aliphatic carbocycles. The largest absolute Gasteiger partial charge is 0.433 e. The SMILES string of the molecule is CCC(CS)(CS)C(=O)OC(O)C(C)O. The van der Waals surface area contributed by atoms with Crippen molar-refractivity contribution in [3.63, 3.8) is 0 Å². The second-order valence-corrected chi connectivity index (χ2v) is 4.12. The van der Waals surface area contributed by atoms with Gasteiger partial charge in [-0.2, -0.15) is 25.3 Å². The fourth-order valence-electron chi connectivity index (χ4n) is 0.880. The molecule has 2 N–H and O–H groups in total. The van der Waals surface area contributed by atoms with Gasteiger partial charge in [-0.05, 0) is 13.3 Å². The summed E-state index contributed by atoms with van der Waals surface area (Å²) >= 11 is 8.16. The number of esters is 1. The Kier molecular flexibility index (Phi) is 6.66. The van der Waals surface area contributed by atoms with E-state index in [-0.39, 0.29) is 0 Å². The predicted molar refractivity (Wildman–Crippen MR) is 64.2 cm³/mol. The number of aliphatic hydroxyl groups is 2. The molecule has 0 fully saturated rings. The van der Waals surface area contributed by atoms with Gasteiger partial charge in [0.15, 0.2) is 0 Å².